The summed E-state index contributed by atoms with van der Waals surface area (Å²) in [6.45, 7) is 3.64. The first-order valence-corrected chi connectivity index (χ1v) is 5.99. The molecule has 0 aromatic heterocycles. The fourth-order valence-electron chi connectivity index (χ4n) is 1.48. The van der Waals surface area contributed by atoms with Crippen molar-refractivity contribution < 1.29 is 31.1 Å². The van der Waals surface area contributed by atoms with Crippen LogP contribution < -0.4 is 5.32 Å². The van der Waals surface area contributed by atoms with Crippen LogP contribution in [0.15, 0.2) is 18.2 Å². The van der Waals surface area contributed by atoms with Crippen LogP contribution in [0.4, 0.5) is 26.3 Å². The second-order valence-electron chi connectivity index (χ2n) is 4.90. The Labute approximate surface area is 117 Å². The van der Waals surface area contributed by atoms with E-state index >= 15 is 0 Å². The van der Waals surface area contributed by atoms with Gasteiger partial charge in [-0.25, -0.2) is 0 Å². The lowest BCUT2D eigenvalue weighted by Gasteiger charge is -2.14. The molecular weight excluding hydrogens is 300 g/mol. The molecule has 2 nitrogen and oxygen atoms in total. The summed E-state index contributed by atoms with van der Waals surface area (Å²) in [5.41, 5.74) is -3.68. The quantitative estimate of drug-likeness (QED) is 0.836. The number of alkyl halides is 6. The largest absolute Gasteiger partial charge is 0.416 e. The van der Waals surface area contributed by atoms with E-state index in [9.17, 15) is 31.1 Å². The van der Waals surface area contributed by atoms with Crippen molar-refractivity contribution in [3.63, 3.8) is 0 Å². The molecule has 0 bridgehead atoms. The average Bonchev–Trinajstić information content (AvgIpc) is 2.33. The number of carbonyl (C=O) groups is 1. The maximum absolute atomic E-state index is 12.6. The standard InChI is InChI=1S/C13H13F6NO/c1-7(2)6-20-11(21)8-3-9(12(14,15)16)5-10(4-8)13(17,18)19/h3-5,7H,6H2,1-2H3,(H,20,21). The van der Waals surface area contributed by atoms with Crippen LogP contribution >= 0.6 is 0 Å². The first-order valence-electron chi connectivity index (χ1n) is 5.99. The normalized spacial score (nSPS) is 12.6. The van der Waals surface area contributed by atoms with Crippen LogP contribution in [0.3, 0.4) is 0 Å². The van der Waals surface area contributed by atoms with Gasteiger partial charge in [0, 0.05) is 12.1 Å². The maximum Gasteiger partial charge on any atom is 0.416 e. The monoisotopic (exact) mass is 313 g/mol. The molecule has 0 saturated heterocycles. The van der Waals surface area contributed by atoms with Gasteiger partial charge >= 0.3 is 12.4 Å². The van der Waals surface area contributed by atoms with Crippen molar-refractivity contribution >= 4 is 5.91 Å². The van der Waals surface area contributed by atoms with Crippen LogP contribution in [-0.2, 0) is 12.4 Å². The molecular formula is C13H13F6NO. The molecule has 0 aliphatic rings. The van der Waals surface area contributed by atoms with Crippen molar-refractivity contribution in [2.45, 2.75) is 26.2 Å². The molecule has 0 heterocycles. The Kier molecular flexibility index (Phi) is 4.91. The van der Waals surface area contributed by atoms with Gasteiger partial charge in [-0.15, -0.1) is 0 Å². The molecule has 0 fully saturated rings. The summed E-state index contributed by atoms with van der Waals surface area (Å²) in [6, 6.07) is 0.801. The number of amides is 1. The first-order chi connectivity index (χ1) is 9.41. The topological polar surface area (TPSA) is 29.1 Å². The van der Waals surface area contributed by atoms with Crippen molar-refractivity contribution in [2.24, 2.45) is 5.92 Å². The minimum atomic E-state index is -4.96. The fraction of sp³-hybridized carbons (Fsp3) is 0.462. The molecule has 0 atom stereocenters. The summed E-state index contributed by atoms with van der Waals surface area (Å²) in [5, 5.41) is 2.28. The summed E-state index contributed by atoms with van der Waals surface area (Å²) < 4.78 is 75.7. The third kappa shape index (κ3) is 4.95. The van der Waals surface area contributed by atoms with Gasteiger partial charge in [-0.3, -0.25) is 4.79 Å². The molecule has 21 heavy (non-hydrogen) atoms. The lowest BCUT2D eigenvalue weighted by Crippen LogP contribution is -2.28. The van der Waals surface area contributed by atoms with Crippen LogP contribution in [0.2, 0.25) is 0 Å². The lowest BCUT2D eigenvalue weighted by atomic mass is 10.0. The van der Waals surface area contributed by atoms with Crippen molar-refractivity contribution in [3.05, 3.63) is 34.9 Å². The molecule has 0 unspecified atom stereocenters. The zero-order valence-corrected chi connectivity index (χ0v) is 11.2. The Hall–Kier alpha value is -1.73. The van der Waals surface area contributed by atoms with E-state index in [1.807, 2.05) is 0 Å². The molecule has 1 amide bonds. The summed E-state index contributed by atoms with van der Waals surface area (Å²) in [7, 11) is 0. The second-order valence-corrected chi connectivity index (χ2v) is 4.90. The number of hydrogen-bond donors (Lipinski definition) is 1. The Balaban J connectivity index is 3.23. The van der Waals surface area contributed by atoms with E-state index in [2.05, 4.69) is 5.32 Å². The Morgan fingerprint density at radius 1 is 1.00 bits per heavy atom. The number of benzene rings is 1. The molecule has 0 radical (unpaired) electrons. The van der Waals surface area contributed by atoms with E-state index in [1.165, 1.54) is 0 Å². The van der Waals surface area contributed by atoms with Crippen molar-refractivity contribution in [2.75, 3.05) is 6.54 Å². The van der Waals surface area contributed by atoms with Crippen molar-refractivity contribution in [1.82, 2.24) is 5.32 Å². The van der Waals surface area contributed by atoms with Gasteiger partial charge in [0.1, 0.15) is 0 Å². The Morgan fingerprint density at radius 3 is 1.76 bits per heavy atom. The minimum Gasteiger partial charge on any atom is -0.352 e. The van der Waals surface area contributed by atoms with Crippen LogP contribution in [0.25, 0.3) is 0 Å². The smallest absolute Gasteiger partial charge is 0.352 e. The van der Waals surface area contributed by atoms with Crippen LogP contribution in [0.1, 0.15) is 35.3 Å². The van der Waals surface area contributed by atoms with E-state index in [1.54, 1.807) is 13.8 Å². The van der Waals surface area contributed by atoms with Crippen LogP contribution in [0.5, 0.6) is 0 Å². The van der Waals surface area contributed by atoms with E-state index in [0.717, 1.165) is 0 Å². The third-order valence-electron chi connectivity index (χ3n) is 2.52. The van der Waals surface area contributed by atoms with Crippen molar-refractivity contribution in [1.29, 1.82) is 0 Å². The van der Waals surface area contributed by atoms with Gasteiger partial charge in [-0.1, -0.05) is 13.8 Å². The van der Waals surface area contributed by atoms with E-state index < -0.39 is 35.0 Å². The highest BCUT2D eigenvalue weighted by Gasteiger charge is 2.37. The van der Waals surface area contributed by atoms with Gasteiger partial charge in [-0.2, -0.15) is 26.3 Å². The number of rotatable bonds is 3. The first kappa shape index (κ1) is 17.3. The zero-order valence-electron chi connectivity index (χ0n) is 11.2. The SMILES string of the molecule is CC(C)CNC(=O)c1cc(C(F)(F)F)cc(C(F)(F)F)c1. The average molecular weight is 313 g/mol. The van der Waals surface area contributed by atoms with Gasteiger partial charge in [0.15, 0.2) is 0 Å². The number of hydrogen-bond acceptors (Lipinski definition) is 1. The van der Waals surface area contributed by atoms with Gasteiger partial charge in [0.05, 0.1) is 11.1 Å². The zero-order chi connectivity index (χ0) is 16.4. The highest BCUT2D eigenvalue weighted by Crippen LogP contribution is 2.36. The molecule has 0 aliphatic carbocycles. The molecule has 0 spiro atoms. The highest BCUT2D eigenvalue weighted by atomic mass is 19.4. The van der Waals surface area contributed by atoms with E-state index in [-0.39, 0.29) is 18.5 Å². The number of halogens is 6. The fourth-order valence-corrected chi connectivity index (χ4v) is 1.48. The predicted octanol–water partition coefficient (Wildman–Crippen LogP) is 4.11. The summed E-state index contributed by atoms with van der Waals surface area (Å²) in [5.74, 6) is -0.956. The van der Waals surface area contributed by atoms with Crippen LogP contribution in [-0.4, -0.2) is 12.5 Å². The van der Waals surface area contributed by atoms with Gasteiger partial charge in [-0.05, 0) is 24.1 Å². The Morgan fingerprint density at radius 2 is 1.43 bits per heavy atom. The van der Waals surface area contributed by atoms with Gasteiger partial charge < -0.3 is 5.32 Å². The lowest BCUT2D eigenvalue weighted by molar-refractivity contribution is -0.143. The molecule has 1 aromatic rings. The van der Waals surface area contributed by atoms with Gasteiger partial charge in [0.25, 0.3) is 5.91 Å². The van der Waals surface area contributed by atoms with E-state index in [0.29, 0.717) is 12.1 Å². The summed E-state index contributed by atoms with van der Waals surface area (Å²) >= 11 is 0. The molecule has 0 saturated carbocycles. The Bertz CT molecular complexity index is 486. The third-order valence-corrected chi connectivity index (χ3v) is 2.52. The molecule has 8 heteroatoms. The van der Waals surface area contributed by atoms with Crippen LogP contribution in [0, 0.1) is 5.92 Å². The molecule has 1 rings (SSSR count). The number of nitrogens with one attached hydrogen (secondary N) is 1. The van der Waals surface area contributed by atoms with Crippen molar-refractivity contribution in [3.8, 4) is 0 Å². The van der Waals surface area contributed by atoms with E-state index in [4.69, 9.17) is 0 Å². The molecule has 0 aliphatic heterocycles. The predicted molar refractivity (Wildman–Crippen MR) is 63.6 cm³/mol. The highest BCUT2D eigenvalue weighted by molar-refractivity contribution is 5.94. The molecule has 118 valence electrons. The minimum absolute atomic E-state index is 0.0147. The second kappa shape index (κ2) is 5.95. The summed E-state index contributed by atoms with van der Waals surface area (Å²) in [4.78, 5) is 11.7. The maximum atomic E-state index is 12.6. The molecule has 1 aromatic carbocycles. The number of carbonyl (C=O) groups excluding carboxylic acids is 1. The summed E-state index contributed by atoms with van der Waals surface area (Å²) in [6.07, 6.45) is -9.93. The molecule has 1 N–H and O–H groups in total. The van der Waals surface area contributed by atoms with Gasteiger partial charge in [0.2, 0.25) is 0 Å².